The molecule has 19 heavy (non-hydrogen) atoms. The Hall–Kier alpha value is -1.65. The van der Waals surface area contributed by atoms with E-state index in [-0.39, 0.29) is 5.97 Å². The number of hydrogen-bond acceptors (Lipinski definition) is 5. The van der Waals surface area contributed by atoms with Crippen molar-refractivity contribution in [1.82, 2.24) is 9.97 Å². The third-order valence-electron chi connectivity index (χ3n) is 3.57. The highest BCUT2D eigenvalue weighted by atomic mass is 16.5. The van der Waals surface area contributed by atoms with Crippen LogP contribution in [-0.2, 0) is 9.53 Å². The van der Waals surface area contributed by atoms with E-state index >= 15 is 0 Å². The zero-order valence-corrected chi connectivity index (χ0v) is 11.4. The molecule has 0 saturated carbocycles. The van der Waals surface area contributed by atoms with Crippen molar-refractivity contribution in [2.45, 2.75) is 32.6 Å². The summed E-state index contributed by atoms with van der Waals surface area (Å²) < 4.78 is 4.96. The normalized spacial score (nSPS) is 16.4. The van der Waals surface area contributed by atoms with Gasteiger partial charge in [0.25, 0.3) is 0 Å². The van der Waals surface area contributed by atoms with Gasteiger partial charge in [0.1, 0.15) is 12.1 Å². The van der Waals surface area contributed by atoms with Crippen molar-refractivity contribution in [3.63, 3.8) is 0 Å². The van der Waals surface area contributed by atoms with Gasteiger partial charge in [-0.3, -0.25) is 4.79 Å². The number of carbonyl (C=O) groups is 1. The molecular formula is C14H21N3O2. The van der Waals surface area contributed by atoms with Crippen molar-refractivity contribution in [3.8, 4) is 0 Å². The van der Waals surface area contributed by atoms with Crippen LogP contribution in [0.2, 0.25) is 0 Å². The minimum Gasteiger partial charge on any atom is -0.466 e. The first-order chi connectivity index (χ1) is 9.29. The van der Waals surface area contributed by atoms with Crippen molar-refractivity contribution in [3.05, 3.63) is 18.6 Å². The smallest absolute Gasteiger partial charge is 0.305 e. The standard InChI is InChI=1S/C14H21N3O2/c1-2-19-14(18)4-3-12-6-9-17(10-7-12)13-5-8-15-11-16-13/h5,8,11-12H,2-4,6-7,9-10H2,1H3. The molecule has 5 heteroatoms. The highest BCUT2D eigenvalue weighted by Crippen LogP contribution is 2.24. The fourth-order valence-electron chi connectivity index (χ4n) is 2.48. The van der Waals surface area contributed by atoms with Crippen LogP contribution in [0.3, 0.4) is 0 Å². The minimum atomic E-state index is -0.0688. The highest BCUT2D eigenvalue weighted by molar-refractivity contribution is 5.69. The van der Waals surface area contributed by atoms with Crippen LogP contribution in [0.5, 0.6) is 0 Å². The lowest BCUT2D eigenvalue weighted by Gasteiger charge is -2.32. The number of piperidine rings is 1. The molecule has 0 radical (unpaired) electrons. The average molecular weight is 263 g/mol. The Morgan fingerprint density at radius 2 is 2.26 bits per heavy atom. The Kier molecular flexibility index (Phi) is 5.12. The molecule has 2 heterocycles. The van der Waals surface area contributed by atoms with Gasteiger partial charge in [-0.2, -0.15) is 0 Å². The zero-order valence-electron chi connectivity index (χ0n) is 11.4. The molecule has 0 atom stereocenters. The first kappa shape index (κ1) is 13.8. The summed E-state index contributed by atoms with van der Waals surface area (Å²) in [6.45, 7) is 4.33. The second-order valence-corrected chi connectivity index (χ2v) is 4.84. The number of ether oxygens (including phenoxy) is 1. The Morgan fingerprint density at radius 3 is 2.89 bits per heavy atom. The third-order valence-corrected chi connectivity index (χ3v) is 3.57. The molecule has 0 spiro atoms. The predicted molar refractivity (Wildman–Crippen MR) is 72.8 cm³/mol. The van der Waals surface area contributed by atoms with E-state index in [1.807, 2.05) is 13.0 Å². The fourth-order valence-corrected chi connectivity index (χ4v) is 2.48. The lowest BCUT2D eigenvalue weighted by Crippen LogP contribution is -2.34. The van der Waals surface area contributed by atoms with E-state index < -0.39 is 0 Å². The Bertz CT molecular complexity index is 389. The maximum Gasteiger partial charge on any atom is 0.305 e. The van der Waals surface area contributed by atoms with E-state index in [4.69, 9.17) is 4.74 Å². The average Bonchev–Trinajstić information content (AvgIpc) is 2.47. The molecule has 0 aliphatic carbocycles. The molecule has 104 valence electrons. The molecule has 1 aliphatic heterocycles. The van der Waals surface area contributed by atoms with Gasteiger partial charge in [-0.15, -0.1) is 0 Å². The van der Waals surface area contributed by atoms with Crippen molar-refractivity contribution in [2.75, 3.05) is 24.6 Å². The maximum atomic E-state index is 11.3. The molecular weight excluding hydrogens is 242 g/mol. The van der Waals surface area contributed by atoms with Gasteiger partial charge < -0.3 is 9.64 Å². The summed E-state index contributed by atoms with van der Waals surface area (Å²) in [6, 6.07) is 1.94. The molecule has 0 unspecified atom stereocenters. The molecule has 1 fully saturated rings. The number of hydrogen-bond donors (Lipinski definition) is 0. The van der Waals surface area contributed by atoms with Crippen molar-refractivity contribution in [1.29, 1.82) is 0 Å². The minimum absolute atomic E-state index is 0.0688. The first-order valence-corrected chi connectivity index (χ1v) is 6.96. The Balaban J connectivity index is 1.72. The Morgan fingerprint density at radius 1 is 1.47 bits per heavy atom. The summed E-state index contributed by atoms with van der Waals surface area (Å²) in [5.41, 5.74) is 0. The van der Waals surface area contributed by atoms with Crippen LogP contribution in [0.1, 0.15) is 32.6 Å². The van der Waals surface area contributed by atoms with Gasteiger partial charge in [0.15, 0.2) is 0 Å². The summed E-state index contributed by atoms with van der Waals surface area (Å²) in [7, 11) is 0. The number of esters is 1. The van der Waals surface area contributed by atoms with Gasteiger partial charge >= 0.3 is 5.97 Å². The second kappa shape index (κ2) is 7.07. The topological polar surface area (TPSA) is 55.3 Å². The molecule has 1 saturated heterocycles. The van der Waals surface area contributed by atoms with Crippen LogP contribution in [-0.4, -0.2) is 35.6 Å². The molecule has 0 N–H and O–H groups in total. The summed E-state index contributed by atoms with van der Waals surface area (Å²) >= 11 is 0. The number of nitrogens with zero attached hydrogens (tertiary/aromatic N) is 3. The van der Waals surface area contributed by atoms with Gasteiger partial charge in [-0.05, 0) is 38.2 Å². The monoisotopic (exact) mass is 263 g/mol. The number of carbonyl (C=O) groups excluding carboxylic acids is 1. The van der Waals surface area contributed by atoms with Gasteiger partial charge in [0.05, 0.1) is 6.61 Å². The van der Waals surface area contributed by atoms with Gasteiger partial charge in [-0.25, -0.2) is 9.97 Å². The van der Waals surface area contributed by atoms with Crippen molar-refractivity contribution in [2.24, 2.45) is 5.92 Å². The largest absolute Gasteiger partial charge is 0.466 e. The number of rotatable bonds is 5. The zero-order chi connectivity index (χ0) is 13.5. The Labute approximate surface area is 114 Å². The molecule has 1 aromatic rings. The third kappa shape index (κ3) is 4.19. The van der Waals surface area contributed by atoms with Crippen LogP contribution in [0.15, 0.2) is 18.6 Å². The lowest BCUT2D eigenvalue weighted by atomic mass is 9.92. The molecule has 2 rings (SSSR count). The van der Waals surface area contributed by atoms with E-state index in [1.165, 1.54) is 0 Å². The first-order valence-electron chi connectivity index (χ1n) is 6.96. The van der Waals surface area contributed by atoms with Gasteiger partial charge in [-0.1, -0.05) is 0 Å². The SMILES string of the molecule is CCOC(=O)CCC1CCN(c2ccncn2)CC1. The summed E-state index contributed by atoms with van der Waals surface area (Å²) in [5, 5.41) is 0. The van der Waals surface area contributed by atoms with Crippen LogP contribution in [0.25, 0.3) is 0 Å². The van der Waals surface area contributed by atoms with E-state index in [0.717, 1.165) is 38.2 Å². The van der Waals surface area contributed by atoms with Gasteiger partial charge in [0.2, 0.25) is 0 Å². The summed E-state index contributed by atoms with van der Waals surface area (Å²) in [6.07, 6.45) is 7.08. The maximum absolute atomic E-state index is 11.3. The van der Waals surface area contributed by atoms with Crippen LogP contribution in [0.4, 0.5) is 5.82 Å². The number of aromatic nitrogens is 2. The molecule has 1 aliphatic rings. The fraction of sp³-hybridized carbons (Fsp3) is 0.643. The molecule has 0 bridgehead atoms. The summed E-state index contributed by atoms with van der Waals surface area (Å²) in [4.78, 5) is 21.8. The second-order valence-electron chi connectivity index (χ2n) is 4.84. The number of anilines is 1. The van der Waals surface area contributed by atoms with Crippen molar-refractivity contribution < 1.29 is 9.53 Å². The van der Waals surface area contributed by atoms with E-state index in [1.54, 1.807) is 12.5 Å². The molecule has 0 amide bonds. The molecule has 5 nitrogen and oxygen atoms in total. The molecule has 0 aromatic carbocycles. The van der Waals surface area contributed by atoms with Crippen LogP contribution in [0, 0.1) is 5.92 Å². The van der Waals surface area contributed by atoms with E-state index in [9.17, 15) is 4.79 Å². The summed E-state index contributed by atoms with van der Waals surface area (Å²) in [5.74, 6) is 1.56. The van der Waals surface area contributed by atoms with Crippen LogP contribution < -0.4 is 4.90 Å². The quantitative estimate of drug-likeness (QED) is 0.761. The lowest BCUT2D eigenvalue weighted by molar-refractivity contribution is -0.143. The van der Waals surface area contributed by atoms with Crippen molar-refractivity contribution >= 4 is 11.8 Å². The van der Waals surface area contributed by atoms with E-state index in [2.05, 4.69) is 14.9 Å². The predicted octanol–water partition coefficient (Wildman–Crippen LogP) is 2.04. The highest BCUT2D eigenvalue weighted by Gasteiger charge is 2.20. The van der Waals surface area contributed by atoms with Crippen LogP contribution >= 0.6 is 0 Å². The van der Waals surface area contributed by atoms with Gasteiger partial charge in [0, 0.05) is 25.7 Å². The molecule has 1 aromatic heterocycles. The van der Waals surface area contributed by atoms with E-state index in [0.29, 0.717) is 18.9 Å².